The van der Waals surface area contributed by atoms with E-state index >= 15 is 0 Å². The zero-order chi connectivity index (χ0) is 9.40. The predicted octanol–water partition coefficient (Wildman–Crippen LogP) is 2.00. The highest BCUT2D eigenvalue weighted by Gasteiger charge is 2.03. The molecule has 0 spiro atoms. The van der Waals surface area contributed by atoms with Gasteiger partial charge in [0.2, 0.25) is 0 Å². The molecular weight excluding hydrogens is 150 g/mol. The molecule has 0 aliphatic heterocycles. The molecule has 0 heterocycles. The van der Waals surface area contributed by atoms with Crippen molar-refractivity contribution in [3.05, 3.63) is 0 Å². The van der Waals surface area contributed by atoms with Crippen LogP contribution < -0.4 is 0 Å². The summed E-state index contributed by atoms with van der Waals surface area (Å²) in [6.07, 6.45) is 0. The Morgan fingerprint density at radius 3 is 2.33 bits per heavy atom. The highest BCUT2D eigenvalue weighted by molar-refractivity contribution is 4.57. The quantitative estimate of drug-likeness (QED) is 0.546. The van der Waals surface area contributed by atoms with Crippen molar-refractivity contribution >= 4 is 0 Å². The van der Waals surface area contributed by atoms with Crippen LogP contribution in [0.2, 0.25) is 0 Å². The number of nitrogens with zero attached hydrogens (tertiary/aromatic N) is 1. The number of hydrogen-bond acceptors (Lipinski definition) is 2. The zero-order valence-corrected chi connectivity index (χ0v) is 8.97. The van der Waals surface area contributed by atoms with E-state index in [1.54, 1.807) is 0 Å². The fourth-order valence-electron chi connectivity index (χ4n) is 1.23. The highest BCUT2D eigenvalue weighted by Crippen LogP contribution is 1.97. The molecule has 2 nitrogen and oxygen atoms in total. The van der Waals surface area contributed by atoms with Gasteiger partial charge in [0, 0.05) is 19.7 Å². The van der Waals surface area contributed by atoms with E-state index in [2.05, 4.69) is 25.7 Å². The molecule has 74 valence electrons. The van der Waals surface area contributed by atoms with E-state index in [1.807, 2.05) is 6.92 Å². The number of ether oxygens (including phenoxy) is 1. The Morgan fingerprint density at radius 2 is 1.92 bits per heavy atom. The van der Waals surface area contributed by atoms with Crippen LogP contribution in [0.5, 0.6) is 0 Å². The van der Waals surface area contributed by atoms with Gasteiger partial charge in [-0.3, -0.25) is 0 Å². The van der Waals surface area contributed by atoms with Crippen LogP contribution >= 0.6 is 0 Å². The van der Waals surface area contributed by atoms with Crippen molar-refractivity contribution in [1.29, 1.82) is 0 Å². The van der Waals surface area contributed by atoms with Gasteiger partial charge in [0.1, 0.15) is 0 Å². The Labute approximate surface area is 76.9 Å². The lowest BCUT2D eigenvalue weighted by Gasteiger charge is -2.21. The second-order valence-electron chi connectivity index (χ2n) is 3.48. The topological polar surface area (TPSA) is 12.5 Å². The SMILES string of the molecule is CCOCCN(CC)CC(C)C. The van der Waals surface area contributed by atoms with Gasteiger partial charge in [0.25, 0.3) is 0 Å². The molecule has 0 bridgehead atoms. The highest BCUT2D eigenvalue weighted by atomic mass is 16.5. The van der Waals surface area contributed by atoms with Crippen LogP contribution in [0.15, 0.2) is 0 Å². The first-order chi connectivity index (χ1) is 5.70. The fraction of sp³-hybridized carbons (Fsp3) is 1.00. The van der Waals surface area contributed by atoms with Gasteiger partial charge in [-0.15, -0.1) is 0 Å². The Balaban J connectivity index is 3.39. The average molecular weight is 173 g/mol. The lowest BCUT2D eigenvalue weighted by Crippen LogP contribution is -2.30. The molecule has 0 saturated heterocycles. The monoisotopic (exact) mass is 173 g/mol. The Hall–Kier alpha value is -0.0800. The standard InChI is InChI=1S/C10H23NO/c1-5-11(9-10(3)4)7-8-12-6-2/h10H,5-9H2,1-4H3. The summed E-state index contributed by atoms with van der Waals surface area (Å²) in [6.45, 7) is 13.8. The van der Waals surface area contributed by atoms with Gasteiger partial charge in [0.05, 0.1) is 6.61 Å². The maximum absolute atomic E-state index is 5.31. The molecule has 0 atom stereocenters. The Kier molecular flexibility index (Phi) is 7.51. The molecule has 0 rings (SSSR count). The largest absolute Gasteiger partial charge is 0.380 e. The summed E-state index contributed by atoms with van der Waals surface area (Å²) < 4.78 is 5.31. The second-order valence-corrected chi connectivity index (χ2v) is 3.48. The van der Waals surface area contributed by atoms with Gasteiger partial charge in [-0.25, -0.2) is 0 Å². The van der Waals surface area contributed by atoms with Crippen molar-refractivity contribution in [1.82, 2.24) is 4.90 Å². The van der Waals surface area contributed by atoms with Crippen molar-refractivity contribution in [2.75, 3.05) is 32.8 Å². The smallest absolute Gasteiger partial charge is 0.0593 e. The van der Waals surface area contributed by atoms with Crippen LogP contribution in [-0.2, 0) is 4.74 Å². The Bertz CT molecular complexity index is 93.8. The van der Waals surface area contributed by atoms with Gasteiger partial charge in [0.15, 0.2) is 0 Å². The summed E-state index contributed by atoms with van der Waals surface area (Å²) in [7, 11) is 0. The predicted molar refractivity (Wildman–Crippen MR) is 53.4 cm³/mol. The lowest BCUT2D eigenvalue weighted by molar-refractivity contribution is 0.111. The molecule has 12 heavy (non-hydrogen) atoms. The van der Waals surface area contributed by atoms with Crippen LogP contribution in [0.25, 0.3) is 0 Å². The third-order valence-electron chi connectivity index (χ3n) is 1.83. The molecule has 0 unspecified atom stereocenters. The summed E-state index contributed by atoms with van der Waals surface area (Å²) in [4.78, 5) is 2.43. The van der Waals surface area contributed by atoms with Crippen molar-refractivity contribution in [3.63, 3.8) is 0 Å². The van der Waals surface area contributed by atoms with Crippen molar-refractivity contribution in [2.45, 2.75) is 27.7 Å². The third kappa shape index (κ3) is 6.62. The van der Waals surface area contributed by atoms with E-state index in [0.29, 0.717) is 0 Å². The number of likely N-dealkylation sites (N-methyl/N-ethyl adjacent to an activating group) is 1. The molecule has 0 aromatic rings. The minimum Gasteiger partial charge on any atom is -0.380 e. The first-order valence-electron chi connectivity index (χ1n) is 5.00. The van der Waals surface area contributed by atoms with E-state index < -0.39 is 0 Å². The minimum absolute atomic E-state index is 0.756. The van der Waals surface area contributed by atoms with E-state index in [-0.39, 0.29) is 0 Å². The minimum atomic E-state index is 0.756. The van der Waals surface area contributed by atoms with Crippen LogP contribution in [0.4, 0.5) is 0 Å². The van der Waals surface area contributed by atoms with Gasteiger partial charge in [-0.05, 0) is 19.4 Å². The van der Waals surface area contributed by atoms with E-state index in [0.717, 1.165) is 32.2 Å². The maximum Gasteiger partial charge on any atom is 0.0593 e. The molecule has 2 heteroatoms. The van der Waals surface area contributed by atoms with Crippen LogP contribution in [-0.4, -0.2) is 37.7 Å². The van der Waals surface area contributed by atoms with Crippen molar-refractivity contribution in [2.24, 2.45) is 5.92 Å². The summed E-state index contributed by atoms with van der Waals surface area (Å²) in [6, 6.07) is 0. The van der Waals surface area contributed by atoms with Gasteiger partial charge in [-0.1, -0.05) is 20.8 Å². The number of rotatable bonds is 7. The first-order valence-corrected chi connectivity index (χ1v) is 5.00. The van der Waals surface area contributed by atoms with Crippen molar-refractivity contribution in [3.8, 4) is 0 Å². The molecular formula is C10H23NO. The average Bonchev–Trinajstić information content (AvgIpc) is 2.02. The summed E-state index contributed by atoms with van der Waals surface area (Å²) in [5.41, 5.74) is 0. The zero-order valence-electron chi connectivity index (χ0n) is 8.97. The second kappa shape index (κ2) is 7.56. The van der Waals surface area contributed by atoms with Crippen molar-refractivity contribution < 1.29 is 4.74 Å². The molecule has 0 aromatic carbocycles. The molecule has 0 fully saturated rings. The van der Waals surface area contributed by atoms with Gasteiger partial charge in [-0.2, -0.15) is 0 Å². The molecule has 0 aliphatic rings. The fourth-order valence-corrected chi connectivity index (χ4v) is 1.23. The lowest BCUT2D eigenvalue weighted by atomic mass is 10.2. The number of hydrogen-bond donors (Lipinski definition) is 0. The van der Waals surface area contributed by atoms with Crippen LogP contribution in [0.3, 0.4) is 0 Å². The molecule has 0 radical (unpaired) electrons. The maximum atomic E-state index is 5.31. The van der Waals surface area contributed by atoms with E-state index in [1.165, 1.54) is 6.54 Å². The molecule has 0 saturated carbocycles. The van der Waals surface area contributed by atoms with E-state index in [9.17, 15) is 0 Å². The molecule has 0 N–H and O–H groups in total. The van der Waals surface area contributed by atoms with E-state index in [4.69, 9.17) is 4.74 Å². The summed E-state index contributed by atoms with van der Waals surface area (Å²) in [5, 5.41) is 0. The normalized spacial score (nSPS) is 11.5. The molecule has 0 amide bonds. The Morgan fingerprint density at radius 1 is 1.25 bits per heavy atom. The van der Waals surface area contributed by atoms with Gasteiger partial charge >= 0.3 is 0 Å². The molecule has 0 aliphatic carbocycles. The molecule has 0 aromatic heterocycles. The third-order valence-corrected chi connectivity index (χ3v) is 1.83. The summed E-state index contributed by atoms with van der Waals surface area (Å²) in [5.74, 6) is 0.756. The van der Waals surface area contributed by atoms with Gasteiger partial charge < -0.3 is 9.64 Å². The van der Waals surface area contributed by atoms with Crippen LogP contribution in [0.1, 0.15) is 27.7 Å². The first kappa shape index (κ1) is 11.9. The summed E-state index contributed by atoms with van der Waals surface area (Å²) >= 11 is 0. The van der Waals surface area contributed by atoms with Crippen LogP contribution in [0, 0.1) is 5.92 Å².